The highest BCUT2D eigenvalue weighted by molar-refractivity contribution is 7.17. The Balaban J connectivity index is 2.55. The number of carboxylic acid groups (broad SMARTS) is 1. The van der Waals surface area contributed by atoms with Crippen molar-refractivity contribution in [2.45, 2.75) is 6.92 Å². The van der Waals surface area contributed by atoms with Gasteiger partial charge in [-0.1, -0.05) is 6.07 Å². The molecule has 5 nitrogen and oxygen atoms in total. The number of rotatable bonds is 3. The monoisotopic (exact) mass is 248 g/mol. The van der Waals surface area contributed by atoms with E-state index in [-0.39, 0.29) is 16.4 Å². The summed E-state index contributed by atoms with van der Waals surface area (Å²) in [6.45, 7) is 1.30. The molecule has 0 unspecified atom stereocenters. The molecule has 2 aromatic heterocycles. The number of carboxylic acids is 1. The second-order valence-corrected chi connectivity index (χ2v) is 4.27. The zero-order valence-electron chi connectivity index (χ0n) is 8.88. The maximum absolute atomic E-state index is 11.3. The summed E-state index contributed by atoms with van der Waals surface area (Å²) in [7, 11) is 0. The second-order valence-electron chi connectivity index (χ2n) is 3.27. The summed E-state index contributed by atoms with van der Waals surface area (Å²) < 4.78 is 0. The van der Waals surface area contributed by atoms with Gasteiger partial charge in [0.05, 0.1) is 5.69 Å². The molecular formula is C11H8N2O3S. The third-order valence-electron chi connectivity index (χ3n) is 2.04. The van der Waals surface area contributed by atoms with Gasteiger partial charge in [-0.3, -0.25) is 9.78 Å². The summed E-state index contributed by atoms with van der Waals surface area (Å²) in [4.78, 5) is 30.3. The Bertz CT molecular complexity index is 546. The standard InChI is InChI=1S/C11H8N2O3S/c1-6(14)8-9(11(15)16)17-10(13-8)7-4-2-3-5-12-7/h2-5H,1H3,(H,15,16). The topological polar surface area (TPSA) is 80.2 Å². The molecule has 17 heavy (non-hydrogen) atoms. The number of aromatic carboxylic acids is 1. The number of hydrogen-bond donors (Lipinski definition) is 1. The molecular weight excluding hydrogens is 240 g/mol. The highest BCUT2D eigenvalue weighted by atomic mass is 32.1. The summed E-state index contributed by atoms with van der Waals surface area (Å²) in [5, 5.41) is 9.41. The number of aromatic nitrogens is 2. The number of thiazole rings is 1. The predicted octanol–water partition coefficient (Wildman–Crippen LogP) is 2.11. The smallest absolute Gasteiger partial charge is 0.348 e. The number of pyridine rings is 1. The molecule has 0 aliphatic carbocycles. The van der Waals surface area contributed by atoms with Gasteiger partial charge in [-0.15, -0.1) is 11.3 Å². The lowest BCUT2D eigenvalue weighted by atomic mass is 10.3. The first-order chi connectivity index (χ1) is 8.09. The van der Waals surface area contributed by atoms with Crippen LogP contribution >= 0.6 is 11.3 Å². The molecule has 2 rings (SSSR count). The van der Waals surface area contributed by atoms with Gasteiger partial charge in [-0.2, -0.15) is 0 Å². The third-order valence-corrected chi connectivity index (χ3v) is 3.10. The fourth-order valence-corrected chi connectivity index (χ4v) is 2.23. The van der Waals surface area contributed by atoms with Crippen LogP contribution in [-0.4, -0.2) is 26.8 Å². The molecule has 1 N–H and O–H groups in total. The molecule has 0 aromatic carbocycles. The predicted molar refractivity (Wildman–Crippen MR) is 62.3 cm³/mol. The Hall–Kier alpha value is -2.08. The molecule has 0 fully saturated rings. The van der Waals surface area contributed by atoms with Crippen molar-refractivity contribution >= 4 is 23.1 Å². The summed E-state index contributed by atoms with van der Waals surface area (Å²) >= 11 is 0.955. The summed E-state index contributed by atoms with van der Waals surface area (Å²) in [6.07, 6.45) is 1.59. The molecule has 0 saturated heterocycles. The molecule has 2 heterocycles. The Kier molecular flexibility index (Phi) is 2.97. The van der Waals surface area contributed by atoms with Gasteiger partial charge in [0.1, 0.15) is 15.6 Å². The minimum atomic E-state index is -1.14. The number of nitrogens with zero attached hydrogens (tertiary/aromatic N) is 2. The minimum absolute atomic E-state index is 0.0110. The van der Waals surface area contributed by atoms with Crippen molar-refractivity contribution in [2.24, 2.45) is 0 Å². The average Bonchev–Trinajstić information content (AvgIpc) is 2.75. The molecule has 6 heteroatoms. The highest BCUT2D eigenvalue weighted by Crippen LogP contribution is 2.26. The molecule has 0 aliphatic rings. The largest absolute Gasteiger partial charge is 0.477 e. The fraction of sp³-hybridized carbons (Fsp3) is 0.0909. The lowest BCUT2D eigenvalue weighted by molar-refractivity contribution is 0.0697. The van der Waals surface area contributed by atoms with Crippen molar-refractivity contribution < 1.29 is 14.7 Å². The van der Waals surface area contributed by atoms with E-state index in [0.717, 1.165) is 11.3 Å². The maximum atomic E-state index is 11.3. The van der Waals surface area contributed by atoms with E-state index in [0.29, 0.717) is 10.7 Å². The third kappa shape index (κ3) is 2.21. The van der Waals surface area contributed by atoms with Gasteiger partial charge >= 0.3 is 5.97 Å². The summed E-state index contributed by atoms with van der Waals surface area (Å²) in [6, 6.07) is 5.24. The lowest BCUT2D eigenvalue weighted by Crippen LogP contribution is -2.02. The molecule has 0 aliphatic heterocycles. The first kappa shape index (κ1) is 11.4. The molecule has 2 aromatic rings. The van der Waals surface area contributed by atoms with Crippen molar-refractivity contribution in [3.8, 4) is 10.7 Å². The van der Waals surface area contributed by atoms with Gasteiger partial charge in [-0.05, 0) is 12.1 Å². The van der Waals surface area contributed by atoms with Gasteiger partial charge < -0.3 is 5.11 Å². The minimum Gasteiger partial charge on any atom is -0.477 e. The van der Waals surface area contributed by atoms with Gasteiger partial charge in [-0.25, -0.2) is 9.78 Å². The van der Waals surface area contributed by atoms with E-state index in [4.69, 9.17) is 5.11 Å². The molecule has 0 atom stereocenters. The van der Waals surface area contributed by atoms with Crippen LogP contribution in [0.5, 0.6) is 0 Å². The number of hydrogen-bond acceptors (Lipinski definition) is 5. The number of carbonyl (C=O) groups is 2. The van der Waals surface area contributed by atoms with E-state index >= 15 is 0 Å². The Morgan fingerprint density at radius 3 is 2.59 bits per heavy atom. The van der Waals surface area contributed by atoms with Crippen LogP contribution in [0, 0.1) is 0 Å². The van der Waals surface area contributed by atoms with Crippen LogP contribution in [0.1, 0.15) is 27.1 Å². The van der Waals surface area contributed by atoms with E-state index in [1.807, 2.05) is 0 Å². The molecule has 0 bridgehead atoms. The second kappa shape index (κ2) is 4.42. The Morgan fingerprint density at radius 2 is 2.12 bits per heavy atom. The van der Waals surface area contributed by atoms with Gasteiger partial charge in [0, 0.05) is 13.1 Å². The first-order valence-corrected chi connectivity index (χ1v) is 5.57. The van der Waals surface area contributed by atoms with Gasteiger partial charge in [0.15, 0.2) is 5.78 Å². The lowest BCUT2D eigenvalue weighted by Gasteiger charge is -1.91. The Labute approximate surface area is 101 Å². The van der Waals surface area contributed by atoms with Crippen LogP contribution in [0.2, 0.25) is 0 Å². The average molecular weight is 248 g/mol. The summed E-state index contributed by atoms with van der Waals surface area (Å²) in [5.74, 6) is -1.50. The maximum Gasteiger partial charge on any atom is 0.348 e. The van der Waals surface area contributed by atoms with Crippen LogP contribution in [0.4, 0.5) is 0 Å². The quantitative estimate of drug-likeness (QED) is 0.841. The van der Waals surface area contributed by atoms with Gasteiger partial charge in [0.25, 0.3) is 0 Å². The summed E-state index contributed by atoms with van der Waals surface area (Å²) in [5.41, 5.74) is 0.552. The zero-order chi connectivity index (χ0) is 12.4. The Morgan fingerprint density at radius 1 is 1.35 bits per heavy atom. The van der Waals surface area contributed by atoms with Crippen molar-refractivity contribution in [3.63, 3.8) is 0 Å². The molecule has 0 amide bonds. The van der Waals surface area contributed by atoms with Crippen LogP contribution in [0.15, 0.2) is 24.4 Å². The highest BCUT2D eigenvalue weighted by Gasteiger charge is 2.21. The normalized spacial score (nSPS) is 10.2. The first-order valence-electron chi connectivity index (χ1n) is 4.76. The number of ketones is 1. The van der Waals surface area contributed by atoms with Crippen molar-refractivity contribution in [1.82, 2.24) is 9.97 Å². The van der Waals surface area contributed by atoms with E-state index < -0.39 is 5.97 Å². The van der Waals surface area contributed by atoms with E-state index in [2.05, 4.69) is 9.97 Å². The van der Waals surface area contributed by atoms with Gasteiger partial charge in [0.2, 0.25) is 0 Å². The van der Waals surface area contributed by atoms with E-state index in [1.165, 1.54) is 6.92 Å². The molecule has 0 radical (unpaired) electrons. The van der Waals surface area contributed by atoms with Crippen LogP contribution in [0.25, 0.3) is 10.7 Å². The van der Waals surface area contributed by atoms with Crippen LogP contribution in [-0.2, 0) is 0 Å². The number of Topliss-reactive ketones (excluding diaryl/α,β-unsaturated/α-hetero) is 1. The molecule has 0 spiro atoms. The van der Waals surface area contributed by atoms with Crippen molar-refractivity contribution in [3.05, 3.63) is 35.0 Å². The SMILES string of the molecule is CC(=O)c1nc(-c2ccccn2)sc1C(=O)O. The van der Waals surface area contributed by atoms with Crippen molar-refractivity contribution in [2.75, 3.05) is 0 Å². The number of carbonyl (C=O) groups excluding carboxylic acids is 1. The van der Waals surface area contributed by atoms with Crippen LogP contribution in [0.3, 0.4) is 0 Å². The van der Waals surface area contributed by atoms with Crippen molar-refractivity contribution in [1.29, 1.82) is 0 Å². The zero-order valence-corrected chi connectivity index (χ0v) is 9.69. The van der Waals surface area contributed by atoms with Crippen LogP contribution < -0.4 is 0 Å². The fourth-order valence-electron chi connectivity index (χ4n) is 1.30. The molecule has 86 valence electrons. The van der Waals surface area contributed by atoms with E-state index in [9.17, 15) is 9.59 Å². The molecule has 0 saturated carbocycles. The van der Waals surface area contributed by atoms with E-state index in [1.54, 1.807) is 24.4 Å².